The standard InChI is InChI=1S/C11H14O2S/c12-11(7-3-4-14-6-7)9-5-8-1-2-10(9)13-8/h3-4,6,8-12H,1-2,5H2. The van der Waals surface area contributed by atoms with Crippen LogP contribution in [-0.4, -0.2) is 17.3 Å². The van der Waals surface area contributed by atoms with E-state index >= 15 is 0 Å². The minimum Gasteiger partial charge on any atom is -0.388 e. The van der Waals surface area contributed by atoms with Gasteiger partial charge < -0.3 is 9.84 Å². The summed E-state index contributed by atoms with van der Waals surface area (Å²) in [6, 6.07) is 2.02. The zero-order valence-electron chi connectivity index (χ0n) is 7.93. The van der Waals surface area contributed by atoms with Crippen molar-refractivity contribution in [3.63, 3.8) is 0 Å². The lowest BCUT2D eigenvalue weighted by Gasteiger charge is -2.23. The van der Waals surface area contributed by atoms with Crippen LogP contribution in [0.3, 0.4) is 0 Å². The Morgan fingerprint density at radius 3 is 3.00 bits per heavy atom. The maximum atomic E-state index is 10.2. The van der Waals surface area contributed by atoms with Gasteiger partial charge in [-0.1, -0.05) is 0 Å². The van der Waals surface area contributed by atoms with Gasteiger partial charge in [-0.3, -0.25) is 0 Å². The van der Waals surface area contributed by atoms with Crippen LogP contribution >= 0.6 is 11.3 Å². The third kappa shape index (κ3) is 1.31. The number of hydrogen-bond donors (Lipinski definition) is 1. The van der Waals surface area contributed by atoms with E-state index in [1.807, 2.05) is 16.8 Å². The Bertz CT molecular complexity index is 309. The molecule has 0 radical (unpaired) electrons. The normalized spacial score (nSPS) is 37.6. The van der Waals surface area contributed by atoms with Gasteiger partial charge in [-0.2, -0.15) is 11.3 Å². The van der Waals surface area contributed by atoms with E-state index < -0.39 is 0 Å². The Kier molecular flexibility index (Phi) is 2.11. The summed E-state index contributed by atoms with van der Waals surface area (Å²) in [5, 5.41) is 14.2. The van der Waals surface area contributed by atoms with Crippen LogP contribution in [0.5, 0.6) is 0 Å². The molecule has 2 saturated heterocycles. The van der Waals surface area contributed by atoms with Crippen LogP contribution in [0, 0.1) is 5.92 Å². The maximum Gasteiger partial charge on any atom is 0.0851 e. The summed E-state index contributed by atoms with van der Waals surface area (Å²) in [6.07, 6.45) is 3.81. The number of aliphatic hydroxyl groups is 1. The van der Waals surface area contributed by atoms with E-state index in [4.69, 9.17) is 4.74 Å². The van der Waals surface area contributed by atoms with Crippen LogP contribution in [0.15, 0.2) is 16.8 Å². The molecule has 2 bridgehead atoms. The maximum absolute atomic E-state index is 10.2. The fraction of sp³-hybridized carbons (Fsp3) is 0.636. The molecule has 0 spiro atoms. The Hall–Kier alpha value is -0.380. The molecule has 3 heteroatoms. The Balaban J connectivity index is 1.77. The van der Waals surface area contributed by atoms with Gasteiger partial charge in [0.2, 0.25) is 0 Å². The summed E-state index contributed by atoms with van der Waals surface area (Å²) in [4.78, 5) is 0. The van der Waals surface area contributed by atoms with Crippen molar-refractivity contribution in [1.82, 2.24) is 0 Å². The van der Waals surface area contributed by atoms with E-state index in [1.54, 1.807) is 11.3 Å². The summed E-state index contributed by atoms with van der Waals surface area (Å²) in [5.41, 5.74) is 1.07. The summed E-state index contributed by atoms with van der Waals surface area (Å²) in [7, 11) is 0. The molecule has 0 saturated carbocycles. The van der Waals surface area contributed by atoms with E-state index in [0.29, 0.717) is 18.1 Å². The summed E-state index contributed by atoms with van der Waals surface area (Å²) in [5.74, 6) is 0.336. The number of fused-ring (bicyclic) bond motifs is 2. The minimum absolute atomic E-state index is 0.309. The quantitative estimate of drug-likeness (QED) is 0.812. The van der Waals surface area contributed by atoms with Crippen molar-refractivity contribution in [2.75, 3.05) is 0 Å². The molecule has 0 aromatic carbocycles. The molecule has 1 aromatic heterocycles. The van der Waals surface area contributed by atoms with Crippen LogP contribution < -0.4 is 0 Å². The SMILES string of the molecule is OC(c1ccsc1)C1CC2CCC1O2. The lowest BCUT2D eigenvalue weighted by Crippen LogP contribution is -2.23. The molecule has 2 fully saturated rings. The van der Waals surface area contributed by atoms with E-state index in [1.165, 1.54) is 6.42 Å². The second kappa shape index (κ2) is 3.33. The fourth-order valence-electron chi connectivity index (χ4n) is 2.70. The highest BCUT2D eigenvalue weighted by Gasteiger charge is 2.44. The highest BCUT2D eigenvalue weighted by Crippen LogP contribution is 2.44. The van der Waals surface area contributed by atoms with Crippen molar-refractivity contribution in [1.29, 1.82) is 0 Å². The molecule has 14 heavy (non-hydrogen) atoms. The largest absolute Gasteiger partial charge is 0.388 e. The molecule has 3 heterocycles. The number of rotatable bonds is 2. The molecular weight excluding hydrogens is 196 g/mol. The number of hydrogen-bond acceptors (Lipinski definition) is 3. The molecule has 76 valence electrons. The average molecular weight is 210 g/mol. The lowest BCUT2D eigenvalue weighted by atomic mass is 9.83. The smallest absolute Gasteiger partial charge is 0.0851 e. The van der Waals surface area contributed by atoms with Crippen molar-refractivity contribution < 1.29 is 9.84 Å². The predicted octanol–water partition coefficient (Wildman–Crippen LogP) is 2.35. The van der Waals surface area contributed by atoms with Crippen molar-refractivity contribution in [3.8, 4) is 0 Å². The van der Waals surface area contributed by atoms with Gasteiger partial charge in [-0.25, -0.2) is 0 Å². The molecule has 1 aromatic rings. The van der Waals surface area contributed by atoms with E-state index in [0.717, 1.165) is 18.4 Å². The minimum atomic E-state index is -0.309. The first kappa shape index (κ1) is 8.89. The van der Waals surface area contributed by atoms with Gasteiger partial charge >= 0.3 is 0 Å². The van der Waals surface area contributed by atoms with Crippen LogP contribution in [0.4, 0.5) is 0 Å². The molecule has 2 aliphatic heterocycles. The topological polar surface area (TPSA) is 29.5 Å². The van der Waals surface area contributed by atoms with Crippen LogP contribution in [0.25, 0.3) is 0 Å². The molecule has 2 aliphatic rings. The second-order valence-electron chi connectivity index (χ2n) is 4.27. The molecule has 4 atom stereocenters. The van der Waals surface area contributed by atoms with E-state index in [2.05, 4.69) is 0 Å². The Labute approximate surface area is 87.5 Å². The Morgan fingerprint density at radius 1 is 1.50 bits per heavy atom. The number of ether oxygens (including phenoxy) is 1. The van der Waals surface area contributed by atoms with Crippen molar-refractivity contribution in [2.45, 2.75) is 37.6 Å². The van der Waals surface area contributed by atoms with E-state index in [9.17, 15) is 5.11 Å². The van der Waals surface area contributed by atoms with E-state index in [-0.39, 0.29) is 6.10 Å². The molecule has 0 aliphatic carbocycles. The van der Waals surface area contributed by atoms with Gasteiger partial charge in [-0.15, -0.1) is 0 Å². The zero-order valence-corrected chi connectivity index (χ0v) is 8.74. The first-order chi connectivity index (χ1) is 6.84. The average Bonchev–Trinajstić information content (AvgIpc) is 2.93. The molecular formula is C11H14O2S. The van der Waals surface area contributed by atoms with Gasteiger partial charge in [0.15, 0.2) is 0 Å². The van der Waals surface area contributed by atoms with Gasteiger partial charge in [0.05, 0.1) is 18.3 Å². The van der Waals surface area contributed by atoms with Crippen molar-refractivity contribution >= 4 is 11.3 Å². The molecule has 1 N–H and O–H groups in total. The van der Waals surface area contributed by atoms with Gasteiger partial charge in [-0.05, 0) is 41.7 Å². The van der Waals surface area contributed by atoms with Crippen molar-refractivity contribution in [2.24, 2.45) is 5.92 Å². The van der Waals surface area contributed by atoms with Gasteiger partial charge in [0.25, 0.3) is 0 Å². The monoisotopic (exact) mass is 210 g/mol. The number of aliphatic hydroxyl groups excluding tert-OH is 1. The highest BCUT2D eigenvalue weighted by atomic mass is 32.1. The summed E-state index contributed by atoms with van der Waals surface area (Å²) >= 11 is 1.65. The summed E-state index contributed by atoms with van der Waals surface area (Å²) in [6.45, 7) is 0. The second-order valence-corrected chi connectivity index (χ2v) is 5.06. The van der Waals surface area contributed by atoms with Gasteiger partial charge in [0, 0.05) is 5.92 Å². The highest BCUT2D eigenvalue weighted by molar-refractivity contribution is 7.07. The molecule has 2 nitrogen and oxygen atoms in total. The first-order valence-corrected chi connectivity index (χ1v) is 6.14. The summed E-state index contributed by atoms with van der Waals surface area (Å²) < 4.78 is 5.75. The van der Waals surface area contributed by atoms with Crippen LogP contribution in [-0.2, 0) is 4.74 Å². The Morgan fingerprint density at radius 2 is 2.43 bits per heavy atom. The number of thiophene rings is 1. The molecule has 0 amide bonds. The van der Waals surface area contributed by atoms with Crippen LogP contribution in [0.1, 0.15) is 30.9 Å². The third-order valence-corrected chi connectivity index (χ3v) is 4.14. The zero-order chi connectivity index (χ0) is 9.54. The van der Waals surface area contributed by atoms with Gasteiger partial charge in [0.1, 0.15) is 0 Å². The van der Waals surface area contributed by atoms with Crippen LogP contribution in [0.2, 0.25) is 0 Å². The first-order valence-electron chi connectivity index (χ1n) is 5.20. The fourth-order valence-corrected chi connectivity index (χ4v) is 3.39. The van der Waals surface area contributed by atoms with Crippen molar-refractivity contribution in [3.05, 3.63) is 22.4 Å². The lowest BCUT2D eigenvalue weighted by molar-refractivity contribution is 0.0424. The third-order valence-electron chi connectivity index (χ3n) is 3.44. The predicted molar refractivity (Wildman–Crippen MR) is 55.3 cm³/mol. The molecule has 3 rings (SSSR count). The molecule has 4 unspecified atom stereocenters.